The summed E-state index contributed by atoms with van der Waals surface area (Å²) < 4.78 is 1.10. The van der Waals surface area contributed by atoms with Gasteiger partial charge in [0.2, 0.25) is 0 Å². The summed E-state index contributed by atoms with van der Waals surface area (Å²) in [6.07, 6.45) is 1.43. The van der Waals surface area contributed by atoms with Gasteiger partial charge in [0.05, 0.1) is 25.0 Å². The van der Waals surface area contributed by atoms with Crippen molar-refractivity contribution in [3.05, 3.63) is 21.6 Å². The predicted octanol–water partition coefficient (Wildman–Crippen LogP) is -0.0707. The minimum absolute atomic E-state index is 0.0404. The molecule has 7 heteroatoms. The first-order chi connectivity index (χ1) is 8.10. The number of nitrogens with zero attached hydrogens (tertiary/aromatic N) is 2. The van der Waals surface area contributed by atoms with Crippen molar-refractivity contribution in [3.8, 4) is 0 Å². The Kier molecular flexibility index (Phi) is 5.40. The van der Waals surface area contributed by atoms with Gasteiger partial charge in [0, 0.05) is 13.2 Å². The molecule has 1 aromatic heterocycles. The van der Waals surface area contributed by atoms with Crippen molar-refractivity contribution >= 4 is 17.3 Å². The number of aliphatic hydroxyl groups is 2. The largest absolute Gasteiger partial charge is 0.396 e. The summed E-state index contributed by atoms with van der Waals surface area (Å²) in [5, 5.41) is 24.4. The van der Waals surface area contributed by atoms with Crippen molar-refractivity contribution in [1.29, 1.82) is 0 Å². The standard InChI is InChI=1S/C10H16ClN3O3/c1-7(6-16)4-12-8-5-13-14(2-3-15)10(17)9(8)11/h5,7,12,15-16H,2-4,6H2,1H3. The first-order valence-electron chi connectivity index (χ1n) is 5.31. The van der Waals surface area contributed by atoms with Crippen LogP contribution in [-0.4, -0.2) is 39.8 Å². The molecule has 0 aromatic carbocycles. The Morgan fingerprint density at radius 1 is 1.59 bits per heavy atom. The van der Waals surface area contributed by atoms with E-state index in [1.54, 1.807) is 0 Å². The van der Waals surface area contributed by atoms with Gasteiger partial charge in [-0.1, -0.05) is 18.5 Å². The van der Waals surface area contributed by atoms with Crippen molar-refractivity contribution in [3.63, 3.8) is 0 Å². The lowest BCUT2D eigenvalue weighted by atomic mass is 10.2. The number of aromatic nitrogens is 2. The van der Waals surface area contributed by atoms with E-state index < -0.39 is 5.56 Å². The van der Waals surface area contributed by atoms with E-state index in [0.29, 0.717) is 12.2 Å². The van der Waals surface area contributed by atoms with Gasteiger partial charge in [0.15, 0.2) is 0 Å². The van der Waals surface area contributed by atoms with Crippen LogP contribution in [0.25, 0.3) is 0 Å². The first kappa shape index (κ1) is 14.0. The molecular weight excluding hydrogens is 246 g/mol. The fourth-order valence-corrected chi connectivity index (χ4v) is 1.40. The van der Waals surface area contributed by atoms with Crippen LogP contribution in [0.4, 0.5) is 5.69 Å². The van der Waals surface area contributed by atoms with Gasteiger partial charge < -0.3 is 15.5 Å². The van der Waals surface area contributed by atoms with Crippen LogP contribution in [-0.2, 0) is 6.54 Å². The van der Waals surface area contributed by atoms with Gasteiger partial charge in [-0.05, 0) is 5.92 Å². The van der Waals surface area contributed by atoms with E-state index in [4.69, 9.17) is 21.8 Å². The highest BCUT2D eigenvalue weighted by molar-refractivity contribution is 6.32. The maximum Gasteiger partial charge on any atom is 0.287 e. The summed E-state index contributed by atoms with van der Waals surface area (Å²) in [5.74, 6) is 0.0611. The lowest BCUT2D eigenvalue weighted by Crippen LogP contribution is -2.26. The van der Waals surface area contributed by atoms with Crippen LogP contribution in [0.5, 0.6) is 0 Å². The molecule has 0 saturated heterocycles. The maximum absolute atomic E-state index is 11.7. The number of rotatable bonds is 6. The van der Waals surface area contributed by atoms with Gasteiger partial charge in [0.25, 0.3) is 5.56 Å². The highest BCUT2D eigenvalue weighted by Crippen LogP contribution is 2.15. The van der Waals surface area contributed by atoms with Gasteiger partial charge in [-0.2, -0.15) is 5.10 Å². The van der Waals surface area contributed by atoms with E-state index in [2.05, 4.69) is 10.4 Å². The molecule has 0 bridgehead atoms. The highest BCUT2D eigenvalue weighted by Gasteiger charge is 2.09. The van der Waals surface area contributed by atoms with Crippen molar-refractivity contribution in [2.24, 2.45) is 5.92 Å². The molecule has 0 aliphatic rings. The summed E-state index contributed by atoms with van der Waals surface area (Å²) in [6, 6.07) is 0. The van der Waals surface area contributed by atoms with Crippen molar-refractivity contribution in [1.82, 2.24) is 9.78 Å². The molecule has 0 spiro atoms. The van der Waals surface area contributed by atoms with E-state index in [0.717, 1.165) is 4.68 Å². The van der Waals surface area contributed by atoms with E-state index in [1.807, 2.05) is 6.92 Å². The molecule has 1 unspecified atom stereocenters. The summed E-state index contributed by atoms with van der Waals surface area (Å²) in [5.41, 5.74) is -0.00600. The topological polar surface area (TPSA) is 87.4 Å². The monoisotopic (exact) mass is 261 g/mol. The molecule has 1 aromatic rings. The minimum Gasteiger partial charge on any atom is -0.396 e. The Labute approximate surface area is 104 Å². The van der Waals surface area contributed by atoms with Crippen LogP contribution >= 0.6 is 11.6 Å². The fraction of sp³-hybridized carbons (Fsp3) is 0.600. The van der Waals surface area contributed by atoms with Crippen LogP contribution < -0.4 is 10.9 Å². The Morgan fingerprint density at radius 2 is 2.29 bits per heavy atom. The van der Waals surface area contributed by atoms with Gasteiger partial charge in [-0.25, -0.2) is 4.68 Å². The van der Waals surface area contributed by atoms with Crippen LogP contribution in [0.15, 0.2) is 11.0 Å². The summed E-state index contributed by atoms with van der Waals surface area (Å²) in [7, 11) is 0. The quantitative estimate of drug-likeness (QED) is 0.667. The number of nitrogens with one attached hydrogen (secondary N) is 1. The van der Waals surface area contributed by atoms with Gasteiger partial charge in [-0.3, -0.25) is 4.79 Å². The molecule has 96 valence electrons. The lowest BCUT2D eigenvalue weighted by molar-refractivity contribution is 0.244. The zero-order valence-corrected chi connectivity index (χ0v) is 10.3. The molecule has 0 fully saturated rings. The highest BCUT2D eigenvalue weighted by atomic mass is 35.5. The molecule has 0 saturated carbocycles. The molecule has 0 amide bonds. The molecule has 6 nitrogen and oxygen atoms in total. The Bertz CT molecular complexity index is 422. The maximum atomic E-state index is 11.7. The second-order valence-electron chi connectivity index (χ2n) is 3.79. The van der Waals surface area contributed by atoms with Gasteiger partial charge >= 0.3 is 0 Å². The van der Waals surface area contributed by atoms with E-state index in [9.17, 15) is 4.79 Å². The summed E-state index contributed by atoms with van der Waals surface area (Å²) >= 11 is 5.88. The molecule has 17 heavy (non-hydrogen) atoms. The van der Waals surface area contributed by atoms with Crippen molar-refractivity contribution in [2.75, 3.05) is 25.1 Å². The first-order valence-corrected chi connectivity index (χ1v) is 5.69. The SMILES string of the molecule is CC(CO)CNc1cnn(CCO)c(=O)c1Cl. The fourth-order valence-electron chi connectivity index (χ4n) is 1.19. The van der Waals surface area contributed by atoms with Gasteiger partial charge in [0.1, 0.15) is 5.02 Å². The van der Waals surface area contributed by atoms with Crippen molar-refractivity contribution < 1.29 is 10.2 Å². The van der Waals surface area contributed by atoms with E-state index in [1.165, 1.54) is 6.20 Å². The molecule has 0 radical (unpaired) electrons. The second kappa shape index (κ2) is 6.58. The minimum atomic E-state index is -0.442. The molecule has 0 aliphatic carbocycles. The molecular formula is C10H16ClN3O3. The average molecular weight is 262 g/mol. The molecule has 1 heterocycles. The number of aliphatic hydroxyl groups excluding tert-OH is 2. The summed E-state index contributed by atoms with van der Waals surface area (Å²) in [6.45, 7) is 2.37. The zero-order valence-electron chi connectivity index (χ0n) is 9.56. The lowest BCUT2D eigenvalue weighted by Gasteiger charge is -2.12. The molecule has 1 atom stereocenters. The van der Waals surface area contributed by atoms with Gasteiger partial charge in [-0.15, -0.1) is 0 Å². The van der Waals surface area contributed by atoms with Crippen LogP contribution in [0.1, 0.15) is 6.92 Å². The molecule has 0 aliphatic heterocycles. The smallest absolute Gasteiger partial charge is 0.287 e. The Morgan fingerprint density at radius 3 is 2.88 bits per heavy atom. The van der Waals surface area contributed by atoms with Crippen LogP contribution in [0.2, 0.25) is 5.02 Å². The van der Waals surface area contributed by atoms with E-state index in [-0.39, 0.29) is 30.7 Å². The van der Waals surface area contributed by atoms with Crippen molar-refractivity contribution in [2.45, 2.75) is 13.5 Å². The number of hydrogen-bond acceptors (Lipinski definition) is 5. The third kappa shape index (κ3) is 3.69. The predicted molar refractivity (Wildman–Crippen MR) is 65.3 cm³/mol. The summed E-state index contributed by atoms with van der Waals surface area (Å²) in [4.78, 5) is 11.7. The normalized spacial score (nSPS) is 12.5. The number of hydrogen-bond donors (Lipinski definition) is 3. The van der Waals surface area contributed by atoms with Crippen LogP contribution in [0, 0.1) is 5.92 Å². The van der Waals surface area contributed by atoms with Crippen LogP contribution in [0.3, 0.4) is 0 Å². The number of anilines is 1. The third-order valence-corrected chi connectivity index (χ3v) is 2.61. The van der Waals surface area contributed by atoms with E-state index >= 15 is 0 Å². The third-order valence-electron chi connectivity index (χ3n) is 2.25. The second-order valence-corrected chi connectivity index (χ2v) is 4.17. The Hall–Kier alpha value is -1.11. The Balaban J connectivity index is 2.82. The zero-order chi connectivity index (χ0) is 12.8. The average Bonchev–Trinajstić information content (AvgIpc) is 2.34. The molecule has 3 N–H and O–H groups in total. The molecule has 1 rings (SSSR count). The number of halogens is 1.